The van der Waals surface area contributed by atoms with Gasteiger partial charge in [-0.1, -0.05) is 0 Å². The highest BCUT2D eigenvalue weighted by molar-refractivity contribution is 7.13. The lowest BCUT2D eigenvalue weighted by Gasteiger charge is -2.11. The molecule has 1 aromatic heterocycles. The maximum atomic E-state index is 13.0. The number of carbonyl (C=O) groups is 1. The van der Waals surface area contributed by atoms with Gasteiger partial charge >= 0.3 is 12.6 Å². The number of benzene rings is 2. The molecular formula is C19H14F3NO4S. The van der Waals surface area contributed by atoms with Crippen LogP contribution >= 0.6 is 11.3 Å². The third-order valence-electron chi connectivity index (χ3n) is 3.61. The first-order valence-electron chi connectivity index (χ1n) is 7.96. The van der Waals surface area contributed by atoms with E-state index in [0.29, 0.717) is 10.7 Å². The Bertz CT molecular complexity index is 960. The number of hydrogen-bond donors (Lipinski definition) is 0. The Morgan fingerprint density at radius 1 is 1.14 bits per heavy atom. The van der Waals surface area contributed by atoms with Crippen LogP contribution in [0.25, 0.3) is 10.6 Å². The first kappa shape index (κ1) is 19.7. The van der Waals surface area contributed by atoms with Gasteiger partial charge in [-0.3, -0.25) is 0 Å². The van der Waals surface area contributed by atoms with Crippen molar-refractivity contribution in [3.05, 3.63) is 64.9 Å². The zero-order valence-electron chi connectivity index (χ0n) is 14.5. The molecule has 0 bridgehead atoms. The Kier molecular flexibility index (Phi) is 6.15. The summed E-state index contributed by atoms with van der Waals surface area (Å²) >= 11 is 1.34. The third-order valence-corrected chi connectivity index (χ3v) is 4.55. The van der Waals surface area contributed by atoms with E-state index >= 15 is 0 Å². The van der Waals surface area contributed by atoms with Gasteiger partial charge in [0.1, 0.15) is 17.4 Å². The van der Waals surface area contributed by atoms with E-state index in [1.165, 1.54) is 48.8 Å². The molecule has 3 aromatic rings. The van der Waals surface area contributed by atoms with Crippen LogP contribution in [0.4, 0.5) is 13.2 Å². The van der Waals surface area contributed by atoms with Crippen molar-refractivity contribution in [2.24, 2.45) is 0 Å². The maximum Gasteiger partial charge on any atom is 0.387 e. The Morgan fingerprint density at radius 3 is 2.57 bits per heavy atom. The Hall–Kier alpha value is -3.07. The van der Waals surface area contributed by atoms with Gasteiger partial charge in [0, 0.05) is 10.9 Å². The molecule has 0 spiro atoms. The van der Waals surface area contributed by atoms with Crippen molar-refractivity contribution in [3.63, 3.8) is 0 Å². The first-order valence-corrected chi connectivity index (χ1v) is 8.84. The molecule has 9 heteroatoms. The maximum absolute atomic E-state index is 13.0. The van der Waals surface area contributed by atoms with Crippen LogP contribution in [0, 0.1) is 5.82 Å². The molecule has 5 nitrogen and oxygen atoms in total. The predicted molar refractivity (Wildman–Crippen MR) is 96.3 cm³/mol. The number of carbonyl (C=O) groups excluding carboxylic acids is 1. The van der Waals surface area contributed by atoms with Crippen LogP contribution in [-0.2, 0) is 11.3 Å². The summed E-state index contributed by atoms with van der Waals surface area (Å²) in [6.45, 7) is -3.08. The average molecular weight is 409 g/mol. The fourth-order valence-electron chi connectivity index (χ4n) is 2.31. The molecule has 2 aromatic carbocycles. The second-order valence-corrected chi connectivity index (χ2v) is 6.33. The predicted octanol–water partition coefficient (Wildman–Crippen LogP) is 4.92. The minimum Gasteiger partial charge on any atom is -0.493 e. The summed E-state index contributed by atoms with van der Waals surface area (Å²) < 4.78 is 52.2. The molecule has 0 saturated heterocycles. The van der Waals surface area contributed by atoms with Crippen LogP contribution in [-0.4, -0.2) is 24.7 Å². The van der Waals surface area contributed by atoms with E-state index in [1.807, 2.05) is 0 Å². The van der Waals surface area contributed by atoms with Crippen molar-refractivity contribution in [3.8, 4) is 22.1 Å². The van der Waals surface area contributed by atoms with E-state index in [0.717, 1.165) is 5.56 Å². The molecule has 0 aliphatic rings. The number of ether oxygens (including phenoxy) is 3. The van der Waals surface area contributed by atoms with E-state index in [2.05, 4.69) is 9.72 Å². The first-order chi connectivity index (χ1) is 13.5. The lowest BCUT2D eigenvalue weighted by molar-refractivity contribution is -0.0512. The summed E-state index contributed by atoms with van der Waals surface area (Å²) in [5, 5.41) is 2.40. The van der Waals surface area contributed by atoms with Gasteiger partial charge in [-0.15, -0.1) is 11.3 Å². The molecule has 0 radical (unpaired) electrons. The normalized spacial score (nSPS) is 10.8. The molecule has 0 fully saturated rings. The Balaban J connectivity index is 1.65. The van der Waals surface area contributed by atoms with Crippen LogP contribution < -0.4 is 9.47 Å². The van der Waals surface area contributed by atoms with Gasteiger partial charge in [0.05, 0.1) is 18.4 Å². The third kappa shape index (κ3) is 4.80. The highest BCUT2D eigenvalue weighted by Gasteiger charge is 2.16. The number of thiazole rings is 1. The summed E-state index contributed by atoms with van der Waals surface area (Å²) in [7, 11) is 1.27. The number of aromatic nitrogens is 1. The number of esters is 1. The fraction of sp³-hybridized carbons (Fsp3) is 0.158. The standard InChI is InChI=1S/C19H14F3NO4S/c1-25-16-8-12(4-7-15(16)27-19(21)22)18(24)26-9-14-10-28-17(23-14)11-2-5-13(20)6-3-11/h2-8,10,19H,9H2,1H3. The van der Waals surface area contributed by atoms with Crippen molar-refractivity contribution in [2.75, 3.05) is 7.11 Å². The molecule has 1 heterocycles. The lowest BCUT2D eigenvalue weighted by atomic mass is 10.2. The average Bonchev–Trinajstić information content (AvgIpc) is 3.15. The number of alkyl halides is 2. The summed E-state index contributed by atoms with van der Waals surface area (Å²) in [6.07, 6.45) is 0. The molecule has 28 heavy (non-hydrogen) atoms. The topological polar surface area (TPSA) is 57.7 Å². The second-order valence-electron chi connectivity index (χ2n) is 5.47. The smallest absolute Gasteiger partial charge is 0.387 e. The van der Waals surface area contributed by atoms with Crippen LogP contribution in [0.3, 0.4) is 0 Å². The van der Waals surface area contributed by atoms with Gasteiger partial charge in [-0.2, -0.15) is 8.78 Å². The second kappa shape index (κ2) is 8.75. The fourth-order valence-corrected chi connectivity index (χ4v) is 3.12. The van der Waals surface area contributed by atoms with Gasteiger partial charge < -0.3 is 14.2 Å². The van der Waals surface area contributed by atoms with Gasteiger partial charge in [-0.05, 0) is 42.5 Å². The van der Waals surface area contributed by atoms with Crippen molar-refractivity contribution < 1.29 is 32.2 Å². The van der Waals surface area contributed by atoms with E-state index in [-0.39, 0.29) is 29.5 Å². The summed E-state index contributed by atoms with van der Waals surface area (Å²) in [6, 6.07) is 9.66. The number of rotatable bonds is 7. The molecule has 0 saturated carbocycles. The summed E-state index contributed by atoms with van der Waals surface area (Å²) in [5.41, 5.74) is 1.40. The van der Waals surface area contributed by atoms with E-state index in [9.17, 15) is 18.0 Å². The molecular weight excluding hydrogens is 395 g/mol. The molecule has 0 amide bonds. The van der Waals surface area contributed by atoms with Gasteiger partial charge in [0.15, 0.2) is 11.5 Å². The van der Waals surface area contributed by atoms with Gasteiger partial charge in [0.2, 0.25) is 0 Å². The summed E-state index contributed by atoms with van der Waals surface area (Å²) in [5.74, 6) is -1.20. The number of methoxy groups -OCH3 is 1. The highest BCUT2D eigenvalue weighted by atomic mass is 32.1. The molecule has 146 valence electrons. The number of halogens is 3. The van der Waals surface area contributed by atoms with Crippen LogP contribution in [0.15, 0.2) is 47.8 Å². The van der Waals surface area contributed by atoms with E-state index in [1.54, 1.807) is 17.5 Å². The Morgan fingerprint density at radius 2 is 1.89 bits per heavy atom. The number of nitrogens with zero attached hydrogens (tertiary/aromatic N) is 1. The van der Waals surface area contributed by atoms with Crippen molar-refractivity contribution in [1.82, 2.24) is 4.98 Å². The monoisotopic (exact) mass is 409 g/mol. The Labute approximate surface area is 162 Å². The molecule has 0 atom stereocenters. The van der Waals surface area contributed by atoms with Crippen molar-refractivity contribution >= 4 is 17.3 Å². The molecule has 0 N–H and O–H groups in total. The zero-order valence-corrected chi connectivity index (χ0v) is 15.3. The van der Waals surface area contributed by atoms with E-state index in [4.69, 9.17) is 9.47 Å². The molecule has 0 unspecified atom stereocenters. The zero-order chi connectivity index (χ0) is 20.1. The largest absolute Gasteiger partial charge is 0.493 e. The van der Waals surface area contributed by atoms with Gasteiger partial charge in [0.25, 0.3) is 0 Å². The van der Waals surface area contributed by atoms with Crippen molar-refractivity contribution in [1.29, 1.82) is 0 Å². The summed E-state index contributed by atoms with van der Waals surface area (Å²) in [4.78, 5) is 16.5. The highest BCUT2D eigenvalue weighted by Crippen LogP contribution is 2.30. The lowest BCUT2D eigenvalue weighted by Crippen LogP contribution is -2.07. The van der Waals surface area contributed by atoms with Crippen LogP contribution in [0.5, 0.6) is 11.5 Å². The van der Waals surface area contributed by atoms with Crippen molar-refractivity contribution in [2.45, 2.75) is 13.2 Å². The minimum absolute atomic E-state index is 0.0120. The van der Waals surface area contributed by atoms with Crippen LogP contribution in [0.2, 0.25) is 0 Å². The minimum atomic E-state index is -3.01. The molecule has 3 rings (SSSR count). The number of hydrogen-bond acceptors (Lipinski definition) is 6. The molecule has 0 aliphatic heterocycles. The van der Waals surface area contributed by atoms with E-state index < -0.39 is 12.6 Å². The molecule has 0 aliphatic carbocycles. The van der Waals surface area contributed by atoms with Crippen LogP contribution in [0.1, 0.15) is 16.1 Å². The SMILES string of the molecule is COc1cc(C(=O)OCc2csc(-c3ccc(F)cc3)n2)ccc1OC(F)F. The quantitative estimate of drug-likeness (QED) is 0.519. The van der Waals surface area contributed by atoms with Gasteiger partial charge in [-0.25, -0.2) is 14.2 Å².